The Balaban J connectivity index is 2.15. The molecule has 0 spiro atoms. The first kappa shape index (κ1) is 7.76. The highest BCUT2D eigenvalue weighted by Gasteiger charge is 1.92. The van der Waals surface area contributed by atoms with Gasteiger partial charge < -0.3 is 5.32 Å². The fourth-order valence-electron chi connectivity index (χ4n) is 0.935. The summed E-state index contributed by atoms with van der Waals surface area (Å²) in [6.07, 6.45) is 2.55. The molecule has 1 rings (SSSR count). The van der Waals surface area contributed by atoms with Gasteiger partial charge in [-0.2, -0.15) is 0 Å². The van der Waals surface area contributed by atoms with Crippen molar-refractivity contribution < 1.29 is 5.32 Å². The third-order valence-corrected chi connectivity index (χ3v) is 2.43. The van der Waals surface area contributed by atoms with Crippen LogP contribution in [0.25, 0.3) is 0 Å². The van der Waals surface area contributed by atoms with E-state index in [-0.39, 0.29) is 0 Å². The molecule has 56 valence electrons. The van der Waals surface area contributed by atoms with E-state index >= 15 is 0 Å². The van der Waals surface area contributed by atoms with Gasteiger partial charge in [-0.1, -0.05) is 6.07 Å². The molecule has 0 amide bonds. The molecular formula is C8H14NS+. The minimum absolute atomic E-state index is 1.25. The average Bonchev–Trinajstić information content (AvgIpc) is 2.41. The summed E-state index contributed by atoms with van der Waals surface area (Å²) in [6, 6.07) is 4.33. The first-order chi connectivity index (χ1) is 4.93. The van der Waals surface area contributed by atoms with Gasteiger partial charge in [0.05, 0.1) is 13.6 Å². The fraction of sp³-hybridized carbons (Fsp3) is 0.500. The van der Waals surface area contributed by atoms with Gasteiger partial charge in [0.1, 0.15) is 0 Å². The van der Waals surface area contributed by atoms with Gasteiger partial charge in [-0.05, 0) is 17.9 Å². The van der Waals surface area contributed by atoms with Crippen LogP contribution < -0.4 is 5.32 Å². The molecule has 10 heavy (non-hydrogen) atoms. The molecule has 1 nitrogen and oxygen atoms in total. The average molecular weight is 156 g/mol. The van der Waals surface area contributed by atoms with Gasteiger partial charge in [-0.25, -0.2) is 0 Å². The van der Waals surface area contributed by atoms with Crippen LogP contribution in [-0.2, 0) is 6.42 Å². The maximum atomic E-state index is 2.23. The van der Waals surface area contributed by atoms with Crippen LogP contribution in [-0.4, -0.2) is 13.6 Å². The predicted molar refractivity (Wildman–Crippen MR) is 45.4 cm³/mol. The normalized spacial score (nSPS) is 10.1. The molecule has 0 atom stereocenters. The molecule has 0 aromatic carbocycles. The summed E-state index contributed by atoms with van der Waals surface area (Å²) >= 11 is 1.86. The Morgan fingerprint density at radius 3 is 3.10 bits per heavy atom. The third kappa shape index (κ3) is 2.50. The van der Waals surface area contributed by atoms with E-state index in [4.69, 9.17) is 0 Å². The van der Waals surface area contributed by atoms with Crippen molar-refractivity contribution in [2.24, 2.45) is 0 Å². The van der Waals surface area contributed by atoms with Crippen LogP contribution in [0, 0.1) is 0 Å². The Bertz CT molecular complexity index is 158. The van der Waals surface area contributed by atoms with Crippen LogP contribution in [0.4, 0.5) is 0 Å². The number of nitrogens with two attached hydrogens (primary N) is 1. The van der Waals surface area contributed by atoms with Gasteiger partial charge >= 0.3 is 0 Å². The van der Waals surface area contributed by atoms with Crippen molar-refractivity contribution in [1.29, 1.82) is 0 Å². The Morgan fingerprint density at radius 2 is 2.50 bits per heavy atom. The van der Waals surface area contributed by atoms with Crippen molar-refractivity contribution in [3.8, 4) is 0 Å². The maximum absolute atomic E-state index is 2.23. The lowest BCUT2D eigenvalue weighted by molar-refractivity contribution is -0.627. The Labute approximate surface area is 66.1 Å². The highest BCUT2D eigenvalue weighted by atomic mass is 32.1. The molecule has 2 heteroatoms. The Kier molecular flexibility index (Phi) is 3.47. The highest BCUT2D eigenvalue weighted by molar-refractivity contribution is 7.09. The summed E-state index contributed by atoms with van der Waals surface area (Å²) < 4.78 is 0. The van der Waals surface area contributed by atoms with Gasteiger partial charge in [-0.3, -0.25) is 0 Å². The largest absolute Gasteiger partial charge is 0.349 e. The molecule has 0 aliphatic carbocycles. The number of hydrogen-bond donors (Lipinski definition) is 1. The molecule has 0 fully saturated rings. The maximum Gasteiger partial charge on any atom is 0.0756 e. The standard InChI is InChI=1S/C8H13NS/c1-9-6-2-4-8-5-3-7-10-8/h3,5,7,9H,2,4,6H2,1H3/p+1. The van der Waals surface area contributed by atoms with E-state index in [1.165, 1.54) is 24.3 Å². The van der Waals surface area contributed by atoms with E-state index in [9.17, 15) is 0 Å². The summed E-state index contributed by atoms with van der Waals surface area (Å²) in [5.41, 5.74) is 0. The molecule has 2 N–H and O–H groups in total. The van der Waals surface area contributed by atoms with Gasteiger partial charge in [0, 0.05) is 11.3 Å². The van der Waals surface area contributed by atoms with Gasteiger partial charge in [-0.15, -0.1) is 11.3 Å². The monoisotopic (exact) mass is 156 g/mol. The van der Waals surface area contributed by atoms with Crippen LogP contribution in [0.15, 0.2) is 17.5 Å². The zero-order valence-electron chi connectivity index (χ0n) is 6.34. The summed E-state index contributed by atoms with van der Waals surface area (Å²) in [4.78, 5) is 1.52. The molecule has 1 heterocycles. The van der Waals surface area contributed by atoms with Gasteiger partial charge in [0.25, 0.3) is 0 Å². The molecule has 0 radical (unpaired) electrons. The smallest absolute Gasteiger partial charge is 0.0756 e. The van der Waals surface area contributed by atoms with Crippen LogP contribution in [0.3, 0.4) is 0 Å². The van der Waals surface area contributed by atoms with Crippen molar-refractivity contribution in [2.45, 2.75) is 12.8 Å². The lowest BCUT2D eigenvalue weighted by Gasteiger charge is -1.93. The van der Waals surface area contributed by atoms with Crippen molar-refractivity contribution >= 4 is 11.3 Å². The number of hydrogen-bond acceptors (Lipinski definition) is 1. The summed E-state index contributed by atoms with van der Waals surface area (Å²) in [6.45, 7) is 1.25. The zero-order valence-corrected chi connectivity index (χ0v) is 7.16. The van der Waals surface area contributed by atoms with Crippen molar-refractivity contribution in [3.05, 3.63) is 22.4 Å². The minimum Gasteiger partial charge on any atom is -0.349 e. The molecule has 1 aromatic rings. The third-order valence-electron chi connectivity index (χ3n) is 1.50. The van der Waals surface area contributed by atoms with E-state index in [1.807, 2.05) is 11.3 Å². The summed E-state index contributed by atoms with van der Waals surface area (Å²) in [5.74, 6) is 0. The quantitative estimate of drug-likeness (QED) is 0.623. The van der Waals surface area contributed by atoms with E-state index in [0.29, 0.717) is 0 Å². The number of thiophene rings is 1. The van der Waals surface area contributed by atoms with Crippen LogP contribution in [0.5, 0.6) is 0 Å². The lowest BCUT2D eigenvalue weighted by Crippen LogP contribution is -2.79. The van der Waals surface area contributed by atoms with Crippen LogP contribution in [0.1, 0.15) is 11.3 Å². The van der Waals surface area contributed by atoms with E-state index < -0.39 is 0 Å². The van der Waals surface area contributed by atoms with E-state index in [2.05, 4.69) is 29.9 Å². The van der Waals surface area contributed by atoms with Crippen molar-refractivity contribution in [3.63, 3.8) is 0 Å². The fourth-order valence-corrected chi connectivity index (χ4v) is 1.69. The van der Waals surface area contributed by atoms with Gasteiger partial charge in [0.15, 0.2) is 0 Å². The molecule has 0 bridgehead atoms. The Morgan fingerprint density at radius 1 is 1.60 bits per heavy atom. The highest BCUT2D eigenvalue weighted by Crippen LogP contribution is 2.09. The topological polar surface area (TPSA) is 16.6 Å². The molecule has 0 aliphatic heterocycles. The second kappa shape index (κ2) is 4.47. The van der Waals surface area contributed by atoms with Crippen LogP contribution >= 0.6 is 11.3 Å². The summed E-state index contributed by atoms with van der Waals surface area (Å²) in [7, 11) is 2.12. The minimum atomic E-state index is 1.25. The second-order valence-electron chi connectivity index (χ2n) is 2.38. The lowest BCUT2D eigenvalue weighted by atomic mass is 10.3. The molecule has 0 unspecified atom stereocenters. The second-order valence-corrected chi connectivity index (χ2v) is 3.41. The number of quaternary nitrogens is 1. The van der Waals surface area contributed by atoms with Crippen LogP contribution in [0.2, 0.25) is 0 Å². The number of aryl methyl sites for hydroxylation is 1. The number of rotatable bonds is 4. The summed E-state index contributed by atoms with van der Waals surface area (Å²) in [5, 5.41) is 4.37. The van der Waals surface area contributed by atoms with Crippen molar-refractivity contribution in [2.75, 3.05) is 13.6 Å². The Hall–Kier alpha value is -0.340. The van der Waals surface area contributed by atoms with Crippen molar-refractivity contribution in [1.82, 2.24) is 0 Å². The predicted octanol–water partition coefficient (Wildman–Crippen LogP) is 0.874. The SMILES string of the molecule is C[NH2+]CCCc1cccs1. The first-order valence-corrected chi connectivity index (χ1v) is 4.61. The molecule has 1 aromatic heterocycles. The zero-order chi connectivity index (χ0) is 7.23. The molecular weight excluding hydrogens is 142 g/mol. The van der Waals surface area contributed by atoms with E-state index in [1.54, 1.807) is 0 Å². The molecule has 0 saturated carbocycles. The van der Waals surface area contributed by atoms with E-state index in [0.717, 1.165) is 0 Å². The molecule has 0 saturated heterocycles. The first-order valence-electron chi connectivity index (χ1n) is 3.73. The van der Waals surface area contributed by atoms with Gasteiger partial charge in [0.2, 0.25) is 0 Å². The molecule has 0 aliphatic rings.